The molecule has 100 valence electrons. The molecule has 0 bridgehead atoms. The monoisotopic (exact) mass is 259 g/mol. The van der Waals surface area contributed by atoms with E-state index in [2.05, 4.69) is 10.3 Å². The number of rotatable bonds is 5. The minimum absolute atomic E-state index is 0.0427. The largest absolute Gasteiger partial charge is 0.353 e. The highest BCUT2D eigenvalue weighted by Gasteiger charge is 2.31. The van der Waals surface area contributed by atoms with Crippen molar-refractivity contribution in [3.05, 3.63) is 29.1 Å². The number of nitrogens with zero attached hydrogens (tertiary/aromatic N) is 2. The lowest BCUT2D eigenvalue weighted by Gasteiger charge is -2.28. The number of hydrogen-bond donors (Lipinski definition) is 1. The number of amides is 2. The van der Waals surface area contributed by atoms with Gasteiger partial charge in [0.2, 0.25) is 6.41 Å². The first-order valence-corrected chi connectivity index (χ1v) is 6.73. The summed E-state index contributed by atoms with van der Waals surface area (Å²) < 4.78 is 0. The van der Waals surface area contributed by atoms with E-state index in [-0.39, 0.29) is 5.91 Å². The van der Waals surface area contributed by atoms with Crippen molar-refractivity contribution in [3.63, 3.8) is 0 Å². The molecule has 5 nitrogen and oxygen atoms in total. The van der Waals surface area contributed by atoms with Crippen LogP contribution in [0.1, 0.15) is 34.6 Å². The van der Waals surface area contributed by atoms with Gasteiger partial charge in [-0.3, -0.25) is 9.59 Å². The zero-order chi connectivity index (χ0) is 13.2. The number of nitrogens with one attached hydrogen (secondary N) is 1. The summed E-state index contributed by atoms with van der Waals surface area (Å²) >= 11 is 0. The SMILES string of the molecule is O=CNCc1ccc2c(n1)C(=O)N(CC1CC1)CC2. The number of fused-ring (bicyclic) bond motifs is 1. The summed E-state index contributed by atoms with van der Waals surface area (Å²) in [7, 11) is 0. The molecule has 2 amide bonds. The molecule has 0 aromatic carbocycles. The molecule has 0 spiro atoms. The average molecular weight is 259 g/mol. The molecule has 0 radical (unpaired) electrons. The topological polar surface area (TPSA) is 62.3 Å². The number of aromatic nitrogens is 1. The third-order valence-corrected chi connectivity index (χ3v) is 3.72. The fourth-order valence-electron chi connectivity index (χ4n) is 2.45. The Morgan fingerprint density at radius 3 is 3.00 bits per heavy atom. The molecule has 1 saturated carbocycles. The van der Waals surface area contributed by atoms with Gasteiger partial charge >= 0.3 is 0 Å². The van der Waals surface area contributed by atoms with Crippen LogP contribution in [-0.2, 0) is 17.8 Å². The standard InChI is InChI=1S/C14H17N3O2/c18-9-15-7-12-4-3-11-5-6-17(8-10-1-2-10)14(19)13(11)16-12/h3-4,9-10H,1-2,5-8H2,(H,15,18). The van der Waals surface area contributed by atoms with Crippen LogP contribution in [0.4, 0.5) is 0 Å². The molecule has 2 aliphatic rings. The first-order valence-electron chi connectivity index (χ1n) is 6.73. The lowest BCUT2D eigenvalue weighted by Crippen LogP contribution is -2.39. The van der Waals surface area contributed by atoms with Crippen LogP contribution in [0.5, 0.6) is 0 Å². The van der Waals surface area contributed by atoms with Gasteiger partial charge in [0.1, 0.15) is 5.69 Å². The summed E-state index contributed by atoms with van der Waals surface area (Å²) in [5.74, 6) is 0.742. The molecular weight excluding hydrogens is 242 g/mol. The Morgan fingerprint density at radius 1 is 1.42 bits per heavy atom. The van der Waals surface area contributed by atoms with Crippen LogP contribution >= 0.6 is 0 Å². The second-order valence-electron chi connectivity index (χ2n) is 5.25. The molecule has 5 heteroatoms. The van der Waals surface area contributed by atoms with E-state index in [9.17, 15) is 9.59 Å². The zero-order valence-corrected chi connectivity index (χ0v) is 10.8. The smallest absolute Gasteiger partial charge is 0.272 e. The second-order valence-corrected chi connectivity index (χ2v) is 5.25. The van der Waals surface area contributed by atoms with Gasteiger partial charge in [0.25, 0.3) is 5.91 Å². The number of hydrogen-bond acceptors (Lipinski definition) is 3. The molecule has 1 aromatic rings. The highest BCUT2D eigenvalue weighted by atomic mass is 16.2. The van der Waals surface area contributed by atoms with Crippen LogP contribution < -0.4 is 5.32 Å². The molecule has 1 aliphatic carbocycles. The highest BCUT2D eigenvalue weighted by Crippen LogP contribution is 2.31. The maximum Gasteiger partial charge on any atom is 0.272 e. The van der Waals surface area contributed by atoms with Crippen LogP contribution in [0, 0.1) is 5.92 Å². The van der Waals surface area contributed by atoms with Gasteiger partial charge in [0.15, 0.2) is 0 Å². The Labute approximate surface area is 112 Å². The normalized spacial score (nSPS) is 18.1. The molecule has 0 saturated heterocycles. The minimum Gasteiger partial charge on any atom is -0.353 e. The maximum atomic E-state index is 12.4. The van der Waals surface area contributed by atoms with Crippen LogP contribution in [0.2, 0.25) is 0 Å². The molecule has 3 rings (SSSR count). The summed E-state index contributed by atoms with van der Waals surface area (Å²) in [6.45, 7) is 2.04. The van der Waals surface area contributed by atoms with Gasteiger partial charge in [-0.2, -0.15) is 0 Å². The summed E-state index contributed by atoms with van der Waals surface area (Å²) in [5, 5.41) is 2.57. The molecule has 1 fully saturated rings. The van der Waals surface area contributed by atoms with E-state index in [0.29, 0.717) is 24.6 Å². The van der Waals surface area contributed by atoms with Gasteiger partial charge in [0, 0.05) is 13.1 Å². The van der Waals surface area contributed by atoms with Gasteiger partial charge in [-0.1, -0.05) is 6.07 Å². The number of pyridine rings is 1. The van der Waals surface area contributed by atoms with Crippen molar-refractivity contribution >= 4 is 12.3 Å². The van der Waals surface area contributed by atoms with E-state index >= 15 is 0 Å². The van der Waals surface area contributed by atoms with Gasteiger partial charge in [-0.15, -0.1) is 0 Å². The van der Waals surface area contributed by atoms with Crippen molar-refractivity contribution in [2.75, 3.05) is 13.1 Å². The molecule has 0 atom stereocenters. The van der Waals surface area contributed by atoms with E-state index in [4.69, 9.17) is 0 Å². The lowest BCUT2D eigenvalue weighted by molar-refractivity contribution is -0.109. The first-order chi connectivity index (χ1) is 9.28. The Bertz CT molecular complexity index is 511. The van der Waals surface area contributed by atoms with Gasteiger partial charge in [-0.05, 0) is 36.8 Å². The molecule has 1 N–H and O–H groups in total. The summed E-state index contributed by atoms with van der Waals surface area (Å²) in [6.07, 6.45) is 4.01. The number of carbonyl (C=O) groups excluding carboxylic acids is 2. The van der Waals surface area contributed by atoms with Crippen molar-refractivity contribution < 1.29 is 9.59 Å². The van der Waals surface area contributed by atoms with E-state index in [1.807, 2.05) is 17.0 Å². The fraction of sp³-hybridized carbons (Fsp3) is 0.500. The highest BCUT2D eigenvalue weighted by molar-refractivity contribution is 5.94. The summed E-state index contributed by atoms with van der Waals surface area (Å²) in [4.78, 5) is 29.0. The number of carbonyl (C=O) groups is 2. The van der Waals surface area contributed by atoms with Crippen LogP contribution in [0.25, 0.3) is 0 Å². The van der Waals surface area contributed by atoms with Crippen LogP contribution in [-0.4, -0.2) is 35.3 Å². The molecule has 1 aromatic heterocycles. The summed E-state index contributed by atoms with van der Waals surface area (Å²) in [6, 6.07) is 3.83. The van der Waals surface area contributed by atoms with Crippen molar-refractivity contribution in [1.29, 1.82) is 0 Å². The Kier molecular flexibility index (Phi) is 3.19. The quantitative estimate of drug-likeness (QED) is 0.793. The van der Waals surface area contributed by atoms with Gasteiger partial charge in [-0.25, -0.2) is 4.98 Å². The van der Waals surface area contributed by atoms with Crippen molar-refractivity contribution in [2.24, 2.45) is 5.92 Å². The predicted octanol–water partition coefficient (Wildman–Crippen LogP) is 0.736. The Morgan fingerprint density at radius 2 is 2.26 bits per heavy atom. The van der Waals surface area contributed by atoms with E-state index in [1.54, 1.807) is 0 Å². The average Bonchev–Trinajstić information content (AvgIpc) is 3.24. The summed E-state index contributed by atoms with van der Waals surface area (Å²) in [5.41, 5.74) is 2.32. The fourth-order valence-corrected chi connectivity index (χ4v) is 2.45. The zero-order valence-electron chi connectivity index (χ0n) is 10.8. The van der Waals surface area contributed by atoms with Crippen molar-refractivity contribution in [1.82, 2.24) is 15.2 Å². The molecule has 19 heavy (non-hydrogen) atoms. The van der Waals surface area contributed by atoms with Crippen LogP contribution in [0.15, 0.2) is 12.1 Å². The van der Waals surface area contributed by atoms with Crippen molar-refractivity contribution in [3.8, 4) is 0 Å². The molecule has 0 unspecified atom stereocenters. The third-order valence-electron chi connectivity index (χ3n) is 3.72. The minimum atomic E-state index is 0.0427. The van der Waals surface area contributed by atoms with Gasteiger partial charge in [0.05, 0.1) is 12.2 Å². The van der Waals surface area contributed by atoms with E-state index in [0.717, 1.165) is 30.8 Å². The Balaban J connectivity index is 1.79. The Hall–Kier alpha value is -1.91. The second kappa shape index (κ2) is 4.99. The van der Waals surface area contributed by atoms with E-state index < -0.39 is 0 Å². The third kappa shape index (κ3) is 2.59. The van der Waals surface area contributed by atoms with Crippen molar-refractivity contribution in [2.45, 2.75) is 25.8 Å². The van der Waals surface area contributed by atoms with E-state index in [1.165, 1.54) is 12.8 Å². The lowest BCUT2D eigenvalue weighted by atomic mass is 10.0. The molecule has 1 aliphatic heterocycles. The van der Waals surface area contributed by atoms with Crippen LogP contribution in [0.3, 0.4) is 0 Å². The molecule has 2 heterocycles. The van der Waals surface area contributed by atoms with Gasteiger partial charge < -0.3 is 10.2 Å². The first kappa shape index (κ1) is 12.1. The molecular formula is C14H17N3O2. The predicted molar refractivity (Wildman–Crippen MR) is 69.5 cm³/mol. The maximum absolute atomic E-state index is 12.4.